The van der Waals surface area contributed by atoms with Crippen LogP contribution in [0.4, 0.5) is 0 Å². The molecule has 0 heterocycles. The van der Waals surface area contributed by atoms with Crippen LogP contribution in [0.2, 0.25) is 0 Å². The van der Waals surface area contributed by atoms with Crippen LogP contribution in [0.25, 0.3) is 43.4 Å². The lowest BCUT2D eigenvalue weighted by molar-refractivity contribution is 0.657. The Bertz CT molecular complexity index is 1390. The predicted molar refractivity (Wildman–Crippen MR) is 139 cm³/mol. The molecule has 0 saturated heterocycles. The maximum Gasteiger partial charge on any atom is 0.0171 e. The van der Waals surface area contributed by atoms with E-state index in [9.17, 15) is 0 Å². The lowest BCUT2D eigenvalue weighted by Gasteiger charge is -2.37. The van der Waals surface area contributed by atoms with Gasteiger partial charge in [0.25, 0.3) is 0 Å². The average molecular weight is 405 g/mol. The van der Waals surface area contributed by atoms with Crippen LogP contribution in [0.1, 0.15) is 52.7 Å². The Balaban J connectivity index is 0.000000549. The van der Waals surface area contributed by atoms with Gasteiger partial charge < -0.3 is 0 Å². The number of hydrogen-bond acceptors (Lipinski definition) is 0. The van der Waals surface area contributed by atoms with E-state index in [1.165, 1.54) is 54.6 Å². The van der Waals surface area contributed by atoms with Crippen LogP contribution in [-0.2, 0) is 5.41 Å². The summed E-state index contributed by atoms with van der Waals surface area (Å²) in [5.74, 6) is 0. The van der Waals surface area contributed by atoms with Gasteiger partial charge in [0.05, 0.1) is 0 Å². The van der Waals surface area contributed by atoms with E-state index >= 15 is 0 Å². The molecule has 0 saturated carbocycles. The Morgan fingerprint density at radius 2 is 1.06 bits per heavy atom. The molecule has 0 spiro atoms. The molecule has 31 heavy (non-hydrogen) atoms. The minimum absolute atomic E-state index is 0.0658. The summed E-state index contributed by atoms with van der Waals surface area (Å²) >= 11 is 0. The SMILES string of the molecule is CC.CC.CC1(C)c2c(ccc3ccccc23)-c2cccc3cc4ccccc4c1c23. The largest absolute Gasteiger partial charge is 0.0683 e. The predicted octanol–water partition coefficient (Wildman–Crippen LogP) is 9.50. The molecule has 6 rings (SSSR count). The highest BCUT2D eigenvalue weighted by Gasteiger charge is 2.36. The Labute approximate surface area is 186 Å². The van der Waals surface area contributed by atoms with Crippen molar-refractivity contribution in [3.63, 3.8) is 0 Å². The minimum Gasteiger partial charge on any atom is -0.0683 e. The van der Waals surface area contributed by atoms with Crippen LogP contribution in [0, 0.1) is 0 Å². The topological polar surface area (TPSA) is 0 Å². The molecule has 0 atom stereocenters. The summed E-state index contributed by atoms with van der Waals surface area (Å²) in [5.41, 5.74) is 5.61. The lowest BCUT2D eigenvalue weighted by atomic mass is 9.66. The van der Waals surface area contributed by atoms with Crippen LogP contribution in [0.3, 0.4) is 0 Å². The van der Waals surface area contributed by atoms with Crippen LogP contribution in [0.5, 0.6) is 0 Å². The first-order chi connectivity index (χ1) is 15.2. The fourth-order valence-electron chi connectivity index (χ4n) is 5.29. The molecule has 0 N–H and O–H groups in total. The van der Waals surface area contributed by atoms with Gasteiger partial charge in [-0.15, -0.1) is 0 Å². The standard InChI is InChI=1S/C27H20.2C2H6/c1-27(2)25-20-11-5-3-8-17(20)14-15-23(25)22-13-7-10-19-16-18-9-4-6-12-21(18)26(27)24(19)22;2*1-2/h3-16H,1-2H3;2*1-2H3. The summed E-state index contributed by atoms with van der Waals surface area (Å²) in [5, 5.41) is 8.16. The molecule has 0 fully saturated rings. The molecule has 0 aliphatic heterocycles. The van der Waals surface area contributed by atoms with Crippen molar-refractivity contribution in [2.45, 2.75) is 47.0 Å². The van der Waals surface area contributed by atoms with Gasteiger partial charge in [-0.1, -0.05) is 120 Å². The average Bonchev–Trinajstić information content (AvgIpc) is 2.83. The molecule has 156 valence electrons. The maximum atomic E-state index is 2.40. The molecule has 0 nitrogen and oxygen atoms in total. The summed E-state index contributed by atoms with van der Waals surface area (Å²) < 4.78 is 0. The van der Waals surface area contributed by atoms with Gasteiger partial charge in [-0.05, 0) is 60.6 Å². The van der Waals surface area contributed by atoms with Gasteiger partial charge in [-0.3, -0.25) is 0 Å². The monoisotopic (exact) mass is 404 g/mol. The van der Waals surface area contributed by atoms with Gasteiger partial charge in [0, 0.05) is 5.41 Å². The normalized spacial score (nSPS) is 13.1. The van der Waals surface area contributed by atoms with Crippen LogP contribution < -0.4 is 0 Å². The molecule has 1 aliphatic rings. The summed E-state index contributed by atoms with van der Waals surface area (Å²) in [7, 11) is 0. The van der Waals surface area contributed by atoms with Crippen molar-refractivity contribution in [1.82, 2.24) is 0 Å². The van der Waals surface area contributed by atoms with Crippen LogP contribution in [0.15, 0.2) is 84.9 Å². The van der Waals surface area contributed by atoms with Gasteiger partial charge in [0.1, 0.15) is 0 Å². The molecule has 0 heteroatoms. The first-order valence-corrected chi connectivity index (χ1v) is 11.6. The van der Waals surface area contributed by atoms with Gasteiger partial charge in [0.2, 0.25) is 0 Å². The highest BCUT2D eigenvalue weighted by Crippen LogP contribution is 2.52. The third kappa shape index (κ3) is 3.05. The zero-order valence-corrected chi connectivity index (χ0v) is 19.6. The highest BCUT2D eigenvalue weighted by atomic mass is 14.4. The molecule has 5 aromatic rings. The Hall–Kier alpha value is -3.12. The van der Waals surface area contributed by atoms with Crippen molar-refractivity contribution in [1.29, 1.82) is 0 Å². The molecule has 0 unspecified atom stereocenters. The molecule has 5 aromatic carbocycles. The first kappa shape index (κ1) is 21.1. The highest BCUT2D eigenvalue weighted by molar-refractivity contribution is 6.13. The van der Waals surface area contributed by atoms with Crippen LogP contribution >= 0.6 is 0 Å². The fraction of sp³-hybridized carbons (Fsp3) is 0.226. The van der Waals surface area contributed by atoms with E-state index in [0.717, 1.165) is 0 Å². The van der Waals surface area contributed by atoms with E-state index in [0.29, 0.717) is 0 Å². The second kappa shape index (κ2) is 8.19. The van der Waals surface area contributed by atoms with E-state index in [-0.39, 0.29) is 5.41 Å². The molecule has 1 aliphatic carbocycles. The summed E-state index contributed by atoms with van der Waals surface area (Å²) in [6.45, 7) is 12.8. The fourth-order valence-corrected chi connectivity index (χ4v) is 5.29. The Morgan fingerprint density at radius 1 is 0.484 bits per heavy atom. The first-order valence-electron chi connectivity index (χ1n) is 11.6. The quantitative estimate of drug-likeness (QED) is 0.225. The lowest BCUT2D eigenvalue weighted by Crippen LogP contribution is -2.24. The second-order valence-electron chi connectivity index (χ2n) is 8.21. The van der Waals surface area contributed by atoms with Crippen molar-refractivity contribution in [3.05, 3.63) is 96.1 Å². The molecular formula is C31H32. The van der Waals surface area contributed by atoms with Crippen molar-refractivity contribution < 1.29 is 0 Å². The third-order valence-electron chi connectivity index (χ3n) is 6.36. The number of benzene rings is 5. The van der Waals surface area contributed by atoms with Crippen LogP contribution in [-0.4, -0.2) is 0 Å². The van der Waals surface area contributed by atoms with E-state index in [1.54, 1.807) is 0 Å². The maximum absolute atomic E-state index is 2.40. The van der Waals surface area contributed by atoms with E-state index in [4.69, 9.17) is 0 Å². The summed E-state index contributed by atoms with van der Waals surface area (Å²) in [4.78, 5) is 0. The zero-order chi connectivity index (χ0) is 22.2. The van der Waals surface area contributed by atoms with E-state index in [1.807, 2.05) is 27.7 Å². The second-order valence-corrected chi connectivity index (χ2v) is 8.21. The van der Waals surface area contributed by atoms with Gasteiger partial charge >= 0.3 is 0 Å². The summed E-state index contributed by atoms with van der Waals surface area (Å²) in [6.07, 6.45) is 0. The smallest absolute Gasteiger partial charge is 0.0171 e. The molecule has 0 amide bonds. The van der Waals surface area contributed by atoms with E-state index in [2.05, 4.69) is 98.8 Å². The Morgan fingerprint density at radius 3 is 1.77 bits per heavy atom. The van der Waals surface area contributed by atoms with Gasteiger partial charge in [-0.25, -0.2) is 0 Å². The van der Waals surface area contributed by atoms with Crippen molar-refractivity contribution >= 4 is 32.3 Å². The van der Waals surface area contributed by atoms with Crippen molar-refractivity contribution in [2.75, 3.05) is 0 Å². The number of hydrogen-bond donors (Lipinski definition) is 0. The van der Waals surface area contributed by atoms with E-state index < -0.39 is 0 Å². The third-order valence-corrected chi connectivity index (χ3v) is 6.36. The van der Waals surface area contributed by atoms with Crippen molar-refractivity contribution in [3.8, 4) is 11.1 Å². The molecule has 0 aromatic heterocycles. The Kier molecular flexibility index (Phi) is 5.58. The zero-order valence-electron chi connectivity index (χ0n) is 19.6. The molecule has 0 radical (unpaired) electrons. The molecular weight excluding hydrogens is 372 g/mol. The minimum atomic E-state index is -0.0658. The summed E-state index contributed by atoms with van der Waals surface area (Å²) in [6, 6.07) is 31.4. The van der Waals surface area contributed by atoms with Gasteiger partial charge in [-0.2, -0.15) is 0 Å². The van der Waals surface area contributed by atoms with Gasteiger partial charge in [0.15, 0.2) is 0 Å². The number of fused-ring (bicyclic) bond motifs is 6. The molecule has 0 bridgehead atoms. The van der Waals surface area contributed by atoms with Crippen molar-refractivity contribution in [2.24, 2.45) is 0 Å². The number of rotatable bonds is 0.